The number of aliphatic hydroxyl groups excluding tert-OH is 1. The lowest BCUT2D eigenvalue weighted by Crippen LogP contribution is -2.60. The lowest BCUT2D eigenvalue weighted by Gasteiger charge is -2.43. The largest absolute Gasteiger partial charge is 0.477 e. The number of thioether (sulfide) groups is 2. The highest BCUT2D eigenvalue weighted by Gasteiger charge is 2.57. The van der Waals surface area contributed by atoms with E-state index in [1.807, 2.05) is 0 Å². The average molecular weight is 317 g/mol. The average Bonchev–Trinajstić information content (AvgIpc) is 2.69. The van der Waals surface area contributed by atoms with Crippen molar-refractivity contribution in [2.24, 2.45) is 5.92 Å². The zero-order valence-corrected chi connectivity index (χ0v) is 12.3. The Bertz CT molecular complexity index is 480. The predicted octanol–water partition coefficient (Wildman–Crippen LogP) is 0.0821. The Labute approximate surface area is 124 Å². The number of carbonyl (C=O) groups is 2. The van der Waals surface area contributed by atoms with Gasteiger partial charge in [0.1, 0.15) is 5.37 Å². The number of hydrogen-bond acceptors (Lipinski definition) is 6. The minimum atomic E-state index is -1.13. The second-order valence-electron chi connectivity index (χ2n) is 4.37. The quantitative estimate of drug-likeness (QED) is 0.228. The van der Waals surface area contributed by atoms with Crippen LogP contribution in [0.5, 0.6) is 0 Å². The van der Waals surface area contributed by atoms with E-state index in [1.54, 1.807) is 6.92 Å². The van der Waals surface area contributed by atoms with Gasteiger partial charge >= 0.3 is 5.97 Å². The van der Waals surface area contributed by atoms with Crippen LogP contribution in [0.1, 0.15) is 6.92 Å². The number of rotatable bonds is 7. The van der Waals surface area contributed by atoms with E-state index >= 15 is 0 Å². The van der Waals surface area contributed by atoms with E-state index in [2.05, 4.69) is 5.32 Å². The number of hydrogen-bond donors (Lipinski definition) is 4. The number of amides is 1. The van der Waals surface area contributed by atoms with Crippen molar-refractivity contribution in [3.05, 3.63) is 9.93 Å². The maximum absolute atomic E-state index is 11.9. The maximum Gasteiger partial charge on any atom is 0.354 e. The number of nitrogens with zero attached hydrogens (tertiary/aromatic N) is 1. The van der Waals surface area contributed by atoms with Gasteiger partial charge in [0, 0.05) is 12.3 Å². The molecule has 0 aromatic rings. The molecule has 2 aliphatic heterocycles. The number of aliphatic carboxylic acids is 1. The fourth-order valence-corrected chi connectivity index (χ4v) is 4.99. The van der Waals surface area contributed by atoms with Crippen molar-refractivity contribution in [3.8, 4) is 0 Å². The molecule has 3 atom stereocenters. The smallest absolute Gasteiger partial charge is 0.354 e. The molecule has 2 rings (SSSR count). The van der Waals surface area contributed by atoms with Gasteiger partial charge in [-0.25, -0.2) is 4.79 Å². The monoisotopic (exact) mass is 317 g/mol. The molecule has 0 aromatic carbocycles. The zero-order valence-electron chi connectivity index (χ0n) is 10.7. The molecular formula is C11H15N3O4S2. The van der Waals surface area contributed by atoms with Crippen LogP contribution in [0.25, 0.3) is 0 Å². The van der Waals surface area contributed by atoms with Crippen molar-refractivity contribution in [2.75, 3.05) is 12.3 Å². The minimum absolute atomic E-state index is 0.0155. The van der Waals surface area contributed by atoms with E-state index in [9.17, 15) is 19.8 Å². The normalized spacial score (nSPS) is 26.1. The van der Waals surface area contributed by atoms with E-state index in [4.69, 9.17) is 5.41 Å². The Balaban J connectivity index is 2.09. The first-order valence-electron chi connectivity index (χ1n) is 5.99. The molecule has 1 amide bonds. The van der Waals surface area contributed by atoms with Crippen molar-refractivity contribution in [2.45, 2.75) is 18.4 Å². The molecule has 0 radical (unpaired) electrons. The number of aliphatic hydroxyl groups is 1. The highest BCUT2D eigenvalue weighted by atomic mass is 32.2. The van der Waals surface area contributed by atoms with E-state index in [0.717, 1.165) is 6.34 Å². The number of carboxylic acid groups (broad SMARTS) is 1. The summed E-state index contributed by atoms with van der Waals surface area (Å²) in [7, 11) is 0. The van der Waals surface area contributed by atoms with Gasteiger partial charge < -0.3 is 15.5 Å². The summed E-state index contributed by atoms with van der Waals surface area (Å²) < 4.78 is 0.589. The first-order chi connectivity index (χ1) is 9.49. The summed E-state index contributed by atoms with van der Waals surface area (Å²) in [5, 5.41) is 28.1. The van der Waals surface area contributed by atoms with E-state index in [0.29, 0.717) is 16.5 Å². The molecule has 1 fully saturated rings. The molecule has 2 unspecified atom stereocenters. The van der Waals surface area contributed by atoms with Crippen LogP contribution in [0.2, 0.25) is 0 Å². The molecular weight excluding hydrogens is 302 g/mol. The molecule has 0 saturated carbocycles. The van der Waals surface area contributed by atoms with Gasteiger partial charge in [0.05, 0.1) is 22.6 Å². The number of β-lactam (4-membered cyclic amide) rings is 1. The second kappa shape index (κ2) is 6.06. The molecule has 110 valence electrons. The van der Waals surface area contributed by atoms with Gasteiger partial charge in [-0.05, 0) is 6.92 Å². The SMILES string of the molecule is C[C@@H](O)C1C(=O)N2C(C(=O)O)=C(SCCNC=N)SC12. The Hall–Kier alpha value is -1.19. The lowest BCUT2D eigenvalue weighted by molar-refractivity contribution is -0.156. The molecule has 7 nitrogen and oxygen atoms in total. The summed E-state index contributed by atoms with van der Waals surface area (Å²) in [6.07, 6.45) is 0.296. The maximum atomic E-state index is 11.9. The topological polar surface area (TPSA) is 114 Å². The van der Waals surface area contributed by atoms with Gasteiger partial charge in [0.2, 0.25) is 5.91 Å². The van der Waals surface area contributed by atoms with Crippen LogP contribution in [-0.2, 0) is 9.59 Å². The summed E-state index contributed by atoms with van der Waals surface area (Å²) in [5.41, 5.74) is 0.0155. The molecule has 2 heterocycles. The van der Waals surface area contributed by atoms with E-state index in [1.165, 1.54) is 28.4 Å². The Morgan fingerprint density at radius 1 is 1.70 bits per heavy atom. The van der Waals surface area contributed by atoms with Crippen molar-refractivity contribution >= 4 is 41.7 Å². The first-order valence-corrected chi connectivity index (χ1v) is 7.86. The summed E-state index contributed by atoms with van der Waals surface area (Å²) >= 11 is 2.66. The third kappa shape index (κ3) is 2.52. The Kier molecular flexibility index (Phi) is 4.61. The van der Waals surface area contributed by atoms with E-state index in [-0.39, 0.29) is 17.0 Å². The lowest BCUT2D eigenvalue weighted by atomic mass is 9.92. The number of fused-ring (bicyclic) bond motifs is 1. The molecule has 4 N–H and O–H groups in total. The van der Waals surface area contributed by atoms with Crippen LogP contribution in [0.4, 0.5) is 0 Å². The first kappa shape index (κ1) is 15.2. The standard InChI is InChI=1S/C11H15N3O4S2/c1-5(15)6-8(16)14-7(10(17)18)11(20-9(6)14)19-3-2-13-4-12/h4-6,9,15H,2-3H2,1H3,(H2,12,13)(H,17,18)/t5-,6?,9?/m1/s1. The summed E-state index contributed by atoms with van der Waals surface area (Å²) in [5.74, 6) is -1.39. The third-order valence-electron chi connectivity index (χ3n) is 3.05. The molecule has 0 bridgehead atoms. The fourth-order valence-electron chi connectivity index (χ4n) is 2.13. The molecule has 1 saturated heterocycles. The van der Waals surface area contributed by atoms with Gasteiger partial charge in [0.15, 0.2) is 5.70 Å². The van der Waals surface area contributed by atoms with Crippen molar-refractivity contribution < 1.29 is 19.8 Å². The predicted molar refractivity (Wildman–Crippen MR) is 77.3 cm³/mol. The number of carboxylic acids is 1. The third-order valence-corrected chi connectivity index (χ3v) is 5.71. The molecule has 0 aliphatic carbocycles. The molecule has 9 heteroatoms. The van der Waals surface area contributed by atoms with Crippen LogP contribution >= 0.6 is 23.5 Å². The second-order valence-corrected chi connectivity index (χ2v) is 6.86. The summed E-state index contributed by atoms with van der Waals surface area (Å²) in [4.78, 5) is 24.5. The van der Waals surface area contributed by atoms with Gasteiger partial charge in [-0.2, -0.15) is 0 Å². The van der Waals surface area contributed by atoms with Gasteiger partial charge in [0.25, 0.3) is 0 Å². The molecule has 2 aliphatic rings. The molecule has 0 aromatic heterocycles. The summed E-state index contributed by atoms with van der Waals surface area (Å²) in [6, 6.07) is 0. The van der Waals surface area contributed by atoms with Gasteiger partial charge in [-0.1, -0.05) is 11.8 Å². The molecule has 20 heavy (non-hydrogen) atoms. The van der Waals surface area contributed by atoms with Crippen LogP contribution in [0.15, 0.2) is 9.93 Å². The van der Waals surface area contributed by atoms with Crippen molar-refractivity contribution in [1.82, 2.24) is 10.2 Å². The highest BCUT2D eigenvalue weighted by Crippen LogP contribution is 2.53. The van der Waals surface area contributed by atoms with Crippen molar-refractivity contribution in [1.29, 1.82) is 5.41 Å². The van der Waals surface area contributed by atoms with Crippen LogP contribution < -0.4 is 5.32 Å². The van der Waals surface area contributed by atoms with Gasteiger partial charge in [-0.15, -0.1) is 11.8 Å². The minimum Gasteiger partial charge on any atom is -0.477 e. The number of nitrogens with one attached hydrogen (secondary N) is 2. The van der Waals surface area contributed by atoms with Crippen molar-refractivity contribution in [3.63, 3.8) is 0 Å². The molecule has 0 spiro atoms. The van der Waals surface area contributed by atoms with E-state index < -0.39 is 18.0 Å². The van der Waals surface area contributed by atoms with Crippen LogP contribution in [0, 0.1) is 11.3 Å². The summed E-state index contributed by atoms with van der Waals surface area (Å²) in [6.45, 7) is 2.09. The Morgan fingerprint density at radius 2 is 2.40 bits per heavy atom. The number of carbonyl (C=O) groups excluding carboxylic acids is 1. The van der Waals surface area contributed by atoms with Gasteiger partial charge in [-0.3, -0.25) is 15.1 Å². The Morgan fingerprint density at radius 3 is 2.95 bits per heavy atom. The zero-order chi connectivity index (χ0) is 14.9. The fraction of sp³-hybridized carbons (Fsp3) is 0.545. The highest BCUT2D eigenvalue weighted by molar-refractivity contribution is 8.22. The van der Waals surface area contributed by atoms with Crippen LogP contribution in [0.3, 0.4) is 0 Å². The van der Waals surface area contributed by atoms with Crippen LogP contribution in [-0.4, -0.2) is 57.1 Å².